The van der Waals surface area contributed by atoms with Gasteiger partial charge in [0.2, 0.25) is 5.91 Å². The fourth-order valence-electron chi connectivity index (χ4n) is 2.62. The quantitative estimate of drug-likeness (QED) is 0.335. The van der Waals surface area contributed by atoms with Gasteiger partial charge in [-0.15, -0.1) is 11.3 Å². The monoisotopic (exact) mass is 476 g/mol. The maximum absolute atomic E-state index is 12.4. The Bertz CT molecular complexity index is 1030. The van der Waals surface area contributed by atoms with Crippen LogP contribution in [0.1, 0.15) is 45.0 Å². The van der Waals surface area contributed by atoms with Crippen molar-refractivity contribution in [2.24, 2.45) is 0 Å². The normalized spacial score (nSPS) is 10.5. The zero-order valence-corrected chi connectivity index (χ0v) is 19.8. The van der Waals surface area contributed by atoms with E-state index in [1.165, 1.54) is 6.08 Å². The summed E-state index contributed by atoms with van der Waals surface area (Å²) in [5.74, 6) is -0.906. The van der Waals surface area contributed by atoms with Crippen LogP contribution in [0.2, 0.25) is 0 Å². The van der Waals surface area contributed by atoms with Crippen LogP contribution in [-0.4, -0.2) is 43.3 Å². The highest BCUT2D eigenvalue weighted by Crippen LogP contribution is 2.34. The lowest BCUT2D eigenvalue weighted by atomic mass is 10.1. The van der Waals surface area contributed by atoms with E-state index in [2.05, 4.69) is 10.6 Å². The van der Waals surface area contributed by atoms with E-state index in [0.29, 0.717) is 11.3 Å². The minimum Gasteiger partial charge on any atom is -0.497 e. The lowest BCUT2D eigenvalue weighted by molar-refractivity contribution is -0.115. The van der Waals surface area contributed by atoms with Crippen molar-refractivity contribution in [3.05, 3.63) is 51.9 Å². The molecule has 1 aromatic carbocycles. The Morgan fingerprint density at radius 2 is 1.69 bits per heavy atom. The van der Waals surface area contributed by atoms with Gasteiger partial charge in [0.15, 0.2) is 5.11 Å². The maximum Gasteiger partial charge on any atom is 0.348 e. The van der Waals surface area contributed by atoms with E-state index in [9.17, 15) is 14.4 Å². The number of thiophene rings is 1. The fourth-order valence-corrected chi connectivity index (χ4v) is 3.98. The van der Waals surface area contributed by atoms with E-state index < -0.39 is 17.8 Å². The molecule has 32 heavy (non-hydrogen) atoms. The number of benzene rings is 1. The molecule has 170 valence electrons. The second kappa shape index (κ2) is 12.0. The molecule has 0 bridgehead atoms. The van der Waals surface area contributed by atoms with Crippen LogP contribution in [0.25, 0.3) is 6.08 Å². The van der Waals surface area contributed by atoms with Crippen molar-refractivity contribution in [3.8, 4) is 5.75 Å². The summed E-state index contributed by atoms with van der Waals surface area (Å²) in [7, 11) is 1.57. The van der Waals surface area contributed by atoms with Gasteiger partial charge in [0, 0.05) is 6.08 Å². The van der Waals surface area contributed by atoms with Gasteiger partial charge in [-0.3, -0.25) is 10.1 Å². The number of methoxy groups -OCH3 is 1. The van der Waals surface area contributed by atoms with E-state index in [1.807, 2.05) is 0 Å². The topological polar surface area (TPSA) is 103 Å². The number of nitrogens with one attached hydrogen (secondary N) is 2. The van der Waals surface area contributed by atoms with Crippen molar-refractivity contribution in [2.75, 3.05) is 25.6 Å². The number of ether oxygens (including phenoxy) is 3. The largest absolute Gasteiger partial charge is 0.497 e. The van der Waals surface area contributed by atoms with Gasteiger partial charge < -0.3 is 19.5 Å². The summed E-state index contributed by atoms with van der Waals surface area (Å²) >= 11 is 6.20. The van der Waals surface area contributed by atoms with Crippen molar-refractivity contribution in [1.82, 2.24) is 5.32 Å². The molecule has 0 fully saturated rings. The van der Waals surface area contributed by atoms with E-state index in [-0.39, 0.29) is 33.8 Å². The maximum atomic E-state index is 12.4. The van der Waals surface area contributed by atoms with Crippen molar-refractivity contribution < 1.29 is 28.6 Å². The smallest absolute Gasteiger partial charge is 0.348 e. The Hall–Kier alpha value is -3.24. The summed E-state index contributed by atoms with van der Waals surface area (Å²) in [5, 5.41) is 5.58. The van der Waals surface area contributed by atoms with Gasteiger partial charge in [0.25, 0.3) is 0 Å². The predicted octanol–water partition coefficient (Wildman–Crippen LogP) is 3.94. The van der Waals surface area contributed by atoms with Crippen LogP contribution >= 0.6 is 23.6 Å². The van der Waals surface area contributed by atoms with Crippen molar-refractivity contribution in [3.63, 3.8) is 0 Å². The first-order chi connectivity index (χ1) is 15.3. The second-order valence-corrected chi connectivity index (χ2v) is 7.68. The molecule has 0 spiro atoms. The number of amides is 1. The number of carbonyl (C=O) groups is 3. The molecule has 0 radical (unpaired) electrons. The SMILES string of the molecule is CCOC(=O)c1sc(NC(=S)NC(=O)/C=C/c2ccc(OC)cc2)c(C(=O)OCC)c1C. The molecule has 0 aliphatic heterocycles. The molecule has 0 saturated carbocycles. The molecule has 2 rings (SSSR count). The molecular weight excluding hydrogens is 452 g/mol. The summed E-state index contributed by atoms with van der Waals surface area (Å²) in [5.41, 5.74) is 1.39. The number of carbonyl (C=O) groups excluding carboxylic acids is 3. The third-order valence-corrected chi connectivity index (χ3v) is 5.49. The minimum absolute atomic E-state index is 0.0309. The molecule has 1 aromatic heterocycles. The minimum atomic E-state index is -0.604. The third-order valence-electron chi connectivity index (χ3n) is 4.09. The molecule has 0 saturated heterocycles. The standard InChI is InChI=1S/C22H24N2O6S2/c1-5-29-20(26)17-13(3)18(21(27)30-6-2)32-19(17)24-22(31)23-16(25)12-9-14-7-10-15(28-4)11-8-14/h7-12H,5-6H2,1-4H3,(H2,23,24,25,31)/b12-9+. The highest BCUT2D eigenvalue weighted by molar-refractivity contribution is 7.80. The molecule has 0 aliphatic carbocycles. The van der Waals surface area contributed by atoms with E-state index in [0.717, 1.165) is 16.9 Å². The van der Waals surface area contributed by atoms with Gasteiger partial charge in [-0.2, -0.15) is 0 Å². The lowest BCUT2D eigenvalue weighted by Crippen LogP contribution is -2.33. The molecule has 1 amide bonds. The third kappa shape index (κ3) is 6.63. The highest BCUT2D eigenvalue weighted by Gasteiger charge is 2.27. The predicted molar refractivity (Wildman–Crippen MR) is 127 cm³/mol. The van der Waals surface area contributed by atoms with Crippen LogP contribution in [0.15, 0.2) is 30.3 Å². The number of esters is 2. The molecule has 10 heteroatoms. The van der Waals surface area contributed by atoms with Gasteiger partial charge in [-0.25, -0.2) is 9.59 Å². The van der Waals surface area contributed by atoms with Crippen molar-refractivity contribution in [1.29, 1.82) is 0 Å². The Morgan fingerprint density at radius 3 is 2.28 bits per heavy atom. The molecular formula is C22H24N2O6S2. The van der Waals surface area contributed by atoms with Crippen molar-refractivity contribution in [2.45, 2.75) is 20.8 Å². The number of hydrogen-bond donors (Lipinski definition) is 2. The lowest BCUT2D eigenvalue weighted by Gasteiger charge is -2.09. The number of thiocarbonyl (C=S) groups is 1. The van der Waals surface area contributed by atoms with E-state index in [1.54, 1.807) is 58.2 Å². The average Bonchev–Trinajstić information content (AvgIpc) is 3.08. The zero-order chi connectivity index (χ0) is 23.7. The summed E-state index contributed by atoms with van der Waals surface area (Å²) in [6, 6.07) is 7.16. The molecule has 0 atom stereocenters. The molecule has 2 aromatic rings. The van der Waals surface area contributed by atoms with Gasteiger partial charge in [-0.05, 0) is 62.3 Å². The summed E-state index contributed by atoms with van der Waals surface area (Å²) in [6.45, 7) is 5.36. The molecule has 2 N–H and O–H groups in total. The van der Waals surface area contributed by atoms with Crippen molar-refractivity contribution >= 4 is 57.6 Å². The summed E-state index contributed by atoms with van der Waals surface area (Å²) < 4.78 is 15.2. The van der Waals surface area contributed by atoms with Crippen LogP contribution in [-0.2, 0) is 14.3 Å². The first kappa shape index (κ1) is 25.0. The van der Waals surface area contributed by atoms with Crippen LogP contribution in [0.3, 0.4) is 0 Å². The van der Waals surface area contributed by atoms with Gasteiger partial charge in [0.05, 0.1) is 25.9 Å². The molecule has 0 unspecified atom stereocenters. The molecule has 1 heterocycles. The Labute approximate surface area is 195 Å². The van der Waals surface area contributed by atoms with Gasteiger partial charge in [0.1, 0.15) is 15.6 Å². The summed E-state index contributed by atoms with van der Waals surface area (Å²) in [6.07, 6.45) is 2.95. The van der Waals surface area contributed by atoms with E-state index >= 15 is 0 Å². The first-order valence-electron chi connectivity index (χ1n) is 9.72. The average molecular weight is 477 g/mol. The first-order valence-corrected chi connectivity index (χ1v) is 10.9. The summed E-state index contributed by atoms with van der Waals surface area (Å²) in [4.78, 5) is 37.1. The Kier molecular flexibility index (Phi) is 9.36. The van der Waals surface area contributed by atoms with Crippen LogP contribution in [0.4, 0.5) is 5.00 Å². The molecule has 0 aliphatic rings. The highest BCUT2D eigenvalue weighted by atomic mass is 32.1. The fraction of sp³-hybridized carbons (Fsp3) is 0.273. The van der Waals surface area contributed by atoms with Crippen LogP contribution < -0.4 is 15.4 Å². The zero-order valence-electron chi connectivity index (χ0n) is 18.1. The Balaban J connectivity index is 2.13. The number of rotatable bonds is 8. The van der Waals surface area contributed by atoms with Crippen LogP contribution in [0.5, 0.6) is 5.75 Å². The number of anilines is 1. The number of hydrogen-bond acceptors (Lipinski definition) is 8. The van der Waals surface area contributed by atoms with Crippen LogP contribution in [0, 0.1) is 6.92 Å². The molecule has 8 nitrogen and oxygen atoms in total. The Morgan fingerprint density at radius 1 is 1.06 bits per heavy atom. The van der Waals surface area contributed by atoms with Gasteiger partial charge >= 0.3 is 11.9 Å². The second-order valence-electron chi connectivity index (χ2n) is 6.25. The van der Waals surface area contributed by atoms with Gasteiger partial charge in [-0.1, -0.05) is 12.1 Å². The van der Waals surface area contributed by atoms with E-state index in [4.69, 9.17) is 26.4 Å².